The Hall–Kier alpha value is -3.65. The average Bonchev–Trinajstić information content (AvgIpc) is 3.47. The van der Waals surface area contributed by atoms with E-state index in [2.05, 4.69) is 20.0 Å². The zero-order valence-corrected chi connectivity index (χ0v) is 18.0. The first-order chi connectivity index (χ1) is 15.7. The van der Waals surface area contributed by atoms with Crippen LogP contribution in [0.3, 0.4) is 0 Å². The Balaban J connectivity index is 1.20. The predicted molar refractivity (Wildman–Crippen MR) is 120 cm³/mol. The zero-order valence-electron chi connectivity index (χ0n) is 18.0. The molecule has 2 aromatic heterocycles. The number of aromatic amines is 1. The number of amides is 1. The van der Waals surface area contributed by atoms with Crippen molar-refractivity contribution < 1.29 is 14.1 Å². The number of hydrogen-bond donors (Lipinski definition) is 1. The second kappa shape index (κ2) is 8.84. The van der Waals surface area contributed by atoms with Gasteiger partial charge < -0.3 is 19.1 Å². The molecular weight excluding hydrogens is 406 g/mol. The molecule has 8 nitrogen and oxygen atoms in total. The standard InChI is InChI=1S/C24H25N5O3/c1-2-31-21-10-6-4-8-18(21)23-26-22(32-27-23)16-28-11-13-29(14-12-28)24(30)20-15-17-7-3-5-9-19(17)25-20/h3-10,15,25H,2,11-14,16H2,1H3. The Kier molecular flexibility index (Phi) is 5.60. The molecule has 32 heavy (non-hydrogen) atoms. The number of rotatable bonds is 6. The molecular formula is C24H25N5O3. The van der Waals surface area contributed by atoms with E-state index in [4.69, 9.17) is 9.26 Å². The number of piperazine rings is 1. The van der Waals surface area contributed by atoms with Crippen molar-refractivity contribution in [2.24, 2.45) is 0 Å². The molecule has 5 rings (SSSR count). The van der Waals surface area contributed by atoms with E-state index in [9.17, 15) is 4.79 Å². The first-order valence-electron chi connectivity index (χ1n) is 10.9. The summed E-state index contributed by atoms with van der Waals surface area (Å²) >= 11 is 0. The molecule has 0 radical (unpaired) electrons. The minimum absolute atomic E-state index is 0.0356. The van der Waals surface area contributed by atoms with Gasteiger partial charge in [0.05, 0.1) is 18.7 Å². The molecule has 1 amide bonds. The number of benzene rings is 2. The Morgan fingerprint density at radius 3 is 2.69 bits per heavy atom. The SMILES string of the molecule is CCOc1ccccc1-c1noc(CN2CCN(C(=O)c3cc4ccccc4[nH]3)CC2)n1. The number of para-hydroxylation sites is 2. The summed E-state index contributed by atoms with van der Waals surface area (Å²) in [6.45, 7) is 5.88. The van der Waals surface area contributed by atoms with E-state index in [1.807, 2.05) is 66.4 Å². The quantitative estimate of drug-likeness (QED) is 0.502. The largest absolute Gasteiger partial charge is 0.493 e. The van der Waals surface area contributed by atoms with Gasteiger partial charge in [0.15, 0.2) is 0 Å². The van der Waals surface area contributed by atoms with Crippen molar-refractivity contribution in [2.75, 3.05) is 32.8 Å². The number of carbonyl (C=O) groups is 1. The van der Waals surface area contributed by atoms with Crippen LogP contribution in [0.15, 0.2) is 59.1 Å². The van der Waals surface area contributed by atoms with Crippen molar-refractivity contribution in [3.8, 4) is 17.1 Å². The number of hydrogen-bond acceptors (Lipinski definition) is 6. The summed E-state index contributed by atoms with van der Waals surface area (Å²) in [7, 11) is 0. The minimum atomic E-state index is 0.0356. The Labute approximate surface area is 185 Å². The van der Waals surface area contributed by atoms with Crippen LogP contribution in [0.25, 0.3) is 22.3 Å². The van der Waals surface area contributed by atoms with E-state index in [0.717, 1.165) is 35.3 Å². The molecule has 1 saturated heterocycles. The fourth-order valence-electron chi connectivity index (χ4n) is 4.02. The second-order valence-corrected chi connectivity index (χ2v) is 7.78. The lowest BCUT2D eigenvalue weighted by molar-refractivity contribution is 0.0610. The molecule has 0 saturated carbocycles. The van der Waals surface area contributed by atoms with E-state index in [0.29, 0.717) is 43.7 Å². The monoisotopic (exact) mass is 431 g/mol. The molecule has 0 atom stereocenters. The summed E-state index contributed by atoms with van der Waals surface area (Å²) in [5, 5.41) is 5.19. The van der Waals surface area contributed by atoms with Crippen LogP contribution in [0.5, 0.6) is 5.75 Å². The highest BCUT2D eigenvalue weighted by Crippen LogP contribution is 2.27. The summed E-state index contributed by atoms with van der Waals surface area (Å²) in [6.07, 6.45) is 0. The van der Waals surface area contributed by atoms with Crippen molar-refractivity contribution in [2.45, 2.75) is 13.5 Å². The third-order valence-corrected chi connectivity index (χ3v) is 5.67. The van der Waals surface area contributed by atoms with E-state index in [1.165, 1.54) is 0 Å². The summed E-state index contributed by atoms with van der Waals surface area (Å²) in [6, 6.07) is 17.5. The molecule has 0 unspecified atom stereocenters. The Bertz CT molecular complexity index is 1190. The number of nitrogens with one attached hydrogen (secondary N) is 1. The lowest BCUT2D eigenvalue weighted by Crippen LogP contribution is -2.48. The molecule has 164 valence electrons. The topological polar surface area (TPSA) is 87.5 Å². The Morgan fingerprint density at radius 2 is 1.88 bits per heavy atom. The van der Waals surface area contributed by atoms with Crippen LogP contribution in [0.4, 0.5) is 0 Å². The van der Waals surface area contributed by atoms with Gasteiger partial charge in [-0.05, 0) is 31.2 Å². The molecule has 0 spiro atoms. The van der Waals surface area contributed by atoms with Crippen molar-refractivity contribution in [1.82, 2.24) is 24.9 Å². The highest BCUT2D eigenvalue weighted by Gasteiger charge is 2.24. The first kappa shape index (κ1) is 20.3. The van der Waals surface area contributed by atoms with Gasteiger partial charge in [-0.15, -0.1) is 0 Å². The van der Waals surface area contributed by atoms with Crippen LogP contribution in [0, 0.1) is 0 Å². The van der Waals surface area contributed by atoms with E-state index in [-0.39, 0.29) is 5.91 Å². The van der Waals surface area contributed by atoms with Gasteiger partial charge in [-0.1, -0.05) is 35.5 Å². The molecule has 4 aromatic rings. The summed E-state index contributed by atoms with van der Waals surface area (Å²) < 4.78 is 11.2. The number of nitrogens with zero attached hydrogens (tertiary/aromatic N) is 4. The lowest BCUT2D eigenvalue weighted by atomic mass is 10.2. The van der Waals surface area contributed by atoms with Gasteiger partial charge >= 0.3 is 0 Å². The average molecular weight is 431 g/mol. The predicted octanol–water partition coefficient (Wildman–Crippen LogP) is 3.57. The number of H-pyrrole nitrogens is 1. The van der Waals surface area contributed by atoms with Crippen LogP contribution >= 0.6 is 0 Å². The van der Waals surface area contributed by atoms with Gasteiger partial charge in [-0.3, -0.25) is 9.69 Å². The van der Waals surface area contributed by atoms with Crippen LogP contribution in [-0.2, 0) is 6.54 Å². The lowest BCUT2D eigenvalue weighted by Gasteiger charge is -2.33. The Morgan fingerprint density at radius 1 is 1.09 bits per heavy atom. The molecule has 1 aliphatic rings. The normalized spacial score (nSPS) is 14.7. The van der Waals surface area contributed by atoms with Crippen molar-refractivity contribution in [1.29, 1.82) is 0 Å². The number of aromatic nitrogens is 3. The maximum atomic E-state index is 12.9. The molecule has 3 heterocycles. The fraction of sp³-hybridized carbons (Fsp3) is 0.292. The molecule has 8 heteroatoms. The van der Waals surface area contributed by atoms with Gasteiger partial charge in [0.1, 0.15) is 11.4 Å². The minimum Gasteiger partial charge on any atom is -0.493 e. The maximum absolute atomic E-state index is 12.9. The van der Waals surface area contributed by atoms with E-state index in [1.54, 1.807) is 0 Å². The highest BCUT2D eigenvalue weighted by atomic mass is 16.5. The van der Waals surface area contributed by atoms with Crippen LogP contribution in [0.1, 0.15) is 23.3 Å². The third-order valence-electron chi connectivity index (χ3n) is 5.67. The number of carbonyl (C=O) groups excluding carboxylic acids is 1. The molecule has 0 aliphatic carbocycles. The first-order valence-corrected chi connectivity index (χ1v) is 10.9. The van der Waals surface area contributed by atoms with Gasteiger partial charge in [0.2, 0.25) is 11.7 Å². The maximum Gasteiger partial charge on any atom is 0.270 e. The molecule has 0 bridgehead atoms. The molecule has 1 fully saturated rings. The van der Waals surface area contributed by atoms with Crippen LogP contribution in [0.2, 0.25) is 0 Å². The smallest absolute Gasteiger partial charge is 0.270 e. The fourth-order valence-corrected chi connectivity index (χ4v) is 4.02. The van der Waals surface area contributed by atoms with E-state index < -0.39 is 0 Å². The number of ether oxygens (including phenoxy) is 1. The second-order valence-electron chi connectivity index (χ2n) is 7.78. The van der Waals surface area contributed by atoms with Crippen molar-refractivity contribution >= 4 is 16.8 Å². The van der Waals surface area contributed by atoms with Crippen molar-refractivity contribution in [3.63, 3.8) is 0 Å². The summed E-state index contributed by atoms with van der Waals surface area (Å²) in [4.78, 5) is 24.8. The van der Waals surface area contributed by atoms with Crippen LogP contribution in [-0.4, -0.2) is 63.6 Å². The van der Waals surface area contributed by atoms with E-state index >= 15 is 0 Å². The highest BCUT2D eigenvalue weighted by molar-refractivity contribution is 5.98. The zero-order chi connectivity index (χ0) is 21.9. The van der Waals surface area contributed by atoms with Gasteiger partial charge in [0, 0.05) is 37.1 Å². The van der Waals surface area contributed by atoms with Crippen LogP contribution < -0.4 is 4.74 Å². The van der Waals surface area contributed by atoms with Crippen molar-refractivity contribution in [3.05, 3.63) is 66.2 Å². The third kappa shape index (κ3) is 4.09. The van der Waals surface area contributed by atoms with Gasteiger partial charge in [-0.2, -0.15) is 4.98 Å². The molecule has 1 N–H and O–H groups in total. The molecule has 2 aromatic carbocycles. The molecule has 1 aliphatic heterocycles. The number of fused-ring (bicyclic) bond motifs is 1. The van der Waals surface area contributed by atoms with Gasteiger partial charge in [-0.25, -0.2) is 0 Å². The summed E-state index contributed by atoms with van der Waals surface area (Å²) in [5.74, 6) is 1.86. The van der Waals surface area contributed by atoms with Gasteiger partial charge in [0.25, 0.3) is 5.91 Å². The summed E-state index contributed by atoms with van der Waals surface area (Å²) in [5.41, 5.74) is 2.43.